The van der Waals surface area contributed by atoms with Crippen LogP contribution in [0.5, 0.6) is 0 Å². The maximum atomic E-state index is 2.29. The fourth-order valence-electron chi connectivity index (χ4n) is 1.62. The lowest BCUT2D eigenvalue weighted by molar-refractivity contribution is -0.527. The summed E-state index contributed by atoms with van der Waals surface area (Å²) in [6.45, 7) is 0. The standard InChI is InChI=1S/C11H12BN/c1-3-7-11(8-4-1)12-13-9-5-2-6-10-13/h1-10H,12H2. The van der Waals surface area contributed by atoms with Crippen molar-refractivity contribution in [2.45, 2.75) is 0 Å². The van der Waals surface area contributed by atoms with Crippen molar-refractivity contribution in [2.24, 2.45) is 0 Å². The number of rotatable bonds is 2. The lowest BCUT2D eigenvalue weighted by Crippen LogP contribution is -2.45. The van der Waals surface area contributed by atoms with Crippen LogP contribution in [0.2, 0.25) is 0 Å². The summed E-state index contributed by atoms with van der Waals surface area (Å²) >= 11 is 0. The zero-order valence-corrected chi connectivity index (χ0v) is 7.72. The lowest BCUT2D eigenvalue weighted by Gasteiger charge is -2.03. The van der Waals surface area contributed by atoms with Gasteiger partial charge in [0.1, 0.15) is 12.4 Å². The molecule has 0 saturated heterocycles. The molecule has 0 amide bonds. The van der Waals surface area contributed by atoms with Crippen LogP contribution in [0.1, 0.15) is 0 Å². The number of nitrogens with zero attached hydrogens (tertiary/aromatic N) is 1. The average Bonchev–Trinajstić information content (AvgIpc) is 2.21. The summed E-state index contributed by atoms with van der Waals surface area (Å²) in [7, 11) is -0.191. The molecule has 2 aromatic rings. The van der Waals surface area contributed by atoms with Crippen LogP contribution in [0.15, 0.2) is 60.9 Å². The van der Waals surface area contributed by atoms with Crippen LogP contribution in [0, 0.1) is 0 Å². The first-order chi connectivity index (χ1) is 6.45. The van der Waals surface area contributed by atoms with Crippen molar-refractivity contribution in [3.8, 4) is 0 Å². The average molecular weight is 169 g/mol. The Morgan fingerprint density at radius 2 is 1.38 bits per heavy atom. The summed E-state index contributed by atoms with van der Waals surface area (Å²) in [6, 6.07) is 16.8. The molecule has 2 rings (SSSR count). The first-order valence-electron chi connectivity index (χ1n) is 4.71. The summed E-state index contributed by atoms with van der Waals surface area (Å²) in [6.07, 6.45) is 4.26. The third-order valence-electron chi connectivity index (χ3n) is 2.32. The smallest absolute Gasteiger partial charge is 0.279 e. The first kappa shape index (κ1) is 8.05. The Labute approximate surface area is 78.9 Å². The summed E-state index contributed by atoms with van der Waals surface area (Å²) in [5.41, 5.74) is 1.46. The van der Waals surface area contributed by atoms with Crippen LogP contribution in [0.25, 0.3) is 0 Å². The molecule has 0 aliphatic carbocycles. The van der Waals surface area contributed by atoms with Crippen molar-refractivity contribution in [1.29, 1.82) is 0 Å². The van der Waals surface area contributed by atoms with E-state index in [9.17, 15) is 0 Å². The van der Waals surface area contributed by atoms with Crippen molar-refractivity contribution in [1.82, 2.24) is 0 Å². The fourth-order valence-corrected chi connectivity index (χ4v) is 1.62. The number of hydrogen-bond acceptors (Lipinski definition) is 0. The summed E-state index contributed by atoms with van der Waals surface area (Å²) in [5.74, 6) is 0. The minimum Gasteiger partial charge on any atom is -0.428 e. The molecule has 0 saturated carbocycles. The van der Waals surface area contributed by atoms with E-state index < -0.39 is 0 Å². The number of aromatic nitrogens is 1. The Bertz CT molecular complexity index is 321. The monoisotopic (exact) mass is 169 g/mol. The molecule has 0 bridgehead atoms. The van der Waals surface area contributed by atoms with Gasteiger partial charge in [0.25, 0.3) is 7.41 Å². The van der Waals surface area contributed by atoms with Crippen LogP contribution < -0.4 is 9.94 Å². The van der Waals surface area contributed by atoms with Gasteiger partial charge in [-0.25, -0.2) is 0 Å². The molecular weight excluding hydrogens is 157 g/mol. The molecule has 1 heterocycles. The lowest BCUT2D eigenvalue weighted by atomic mass is 9.82. The third-order valence-corrected chi connectivity index (χ3v) is 2.32. The Hall–Kier alpha value is -1.57. The minimum absolute atomic E-state index is 0.191. The van der Waals surface area contributed by atoms with E-state index in [1.54, 1.807) is 0 Å². The molecule has 1 aromatic heterocycles. The van der Waals surface area contributed by atoms with Crippen LogP contribution >= 0.6 is 0 Å². The Kier molecular flexibility index (Phi) is 2.42. The summed E-state index contributed by atoms with van der Waals surface area (Å²) < 4.78 is 2.29. The molecule has 1 aromatic carbocycles. The predicted molar refractivity (Wildman–Crippen MR) is 56.7 cm³/mol. The van der Waals surface area contributed by atoms with E-state index in [-0.39, 0.29) is 7.41 Å². The predicted octanol–water partition coefficient (Wildman–Crippen LogP) is 0.231. The summed E-state index contributed by atoms with van der Waals surface area (Å²) in [4.78, 5) is 0. The maximum absolute atomic E-state index is 2.29. The Balaban J connectivity index is 2.16. The van der Waals surface area contributed by atoms with Crippen LogP contribution in [0.4, 0.5) is 0 Å². The van der Waals surface area contributed by atoms with Gasteiger partial charge in [-0.3, -0.25) is 0 Å². The van der Waals surface area contributed by atoms with Gasteiger partial charge in [0.2, 0.25) is 0 Å². The zero-order valence-electron chi connectivity index (χ0n) is 7.72. The Morgan fingerprint density at radius 1 is 0.769 bits per heavy atom. The SMILES string of the molecule is [BH2-](c1ccccc1)[n+]1ccccc1. The summed E-state index contributed by atoms with van der Waals surface area (Å²) in [5, 5.41) is 0. The molecule has 0 unspecified atom stereocenters. The molecule has 0 radical (unpaired) electrons. The molecule has 0 aliphatic heterocycles. The molecule has 0 spiro atoms. The van der Waals surface area contributed by atoms with E-state index in [1.165, 1.54) is 5.46 Å². The molecule has 0 atom stereocenters. The minimum atomic E-state index is -0.191. The molecule has 0 fully saturated rings. The first-order valence-corrected chi connectivity index (χ1v) is 4.71. The van der Waals surface area contributed by atoms with Gasteiger partial charge in [0.05, 0.1) is 0 Å². The van der Waals surface area contributed by atoms with E-state index >= 15 is 0 Å². The topological polar surface area (TPSA) is 3.88 Å². The highest BCUT2D eigenvalue weighted by molar-refractivity contribution is 6.44. The van der Waals surface area contributed by atoms with Gasteiger partial charge in [-0.2, -0.15) is 0 Å². The molecule has 13 heavy (non-hydrogen) atoms. The van der Waals surface area contributed by atoms with Gasteiger partial charge in [0, 0.05) is 0 Å². The van der Waals surface area contributed by atoms with Gasteiger partial charge >= 0.3 is 0 Å². The zero-order chi connectivity index (χ0) is 8.93. The van der Waals surface area contributed by atoms with Crippen molar-refractivity contribution in [2.75, 3.05) is 0 Å². The van der Waals surface area contributed by atoms with Crippen LogP contribution in [0.3, 0.4) is 0 Å². The van der Waals surface area contributed by atoms with Gasteiger partial charge in [-0.15, -0.1) is 5.46 Å². The van der Waals surface area contributed by atoms with Crippen molar-refractivity contribution >= 4 is 12.9 Å². The highest BCUT2D eigenvalue weighted by atomic mass is 14.8. The molecule has 64 valence electrons. The Morgan fingerprint density at radius 3 is 2.08 bits per heavy atom. The maximum Gasteiger partial charge on any atom is 0.279 e. The van der Waals surface area contributed by atoms with Gasteiger partial charge in [-0.05, 0) is 12.1 Å². The molecule has 1 nitrogen and oxygen atoms in total. The molecular formula is C11H12BN. The largest absolute Gasteiger partial charge is 0.428 e. The van der Waals surface area contributed by atoms with E-state index in [4.69, 9.17) is 0 Å². The van der Waals surface area contributed by atoms with Gasteiger partial charge in [-0.1, -0.05) is 36.4 Å². The quantitative estimate of drug-likeness (QED) is 0.566. The van der Waals surface area contributed by atoms with Crippen molar-refractivity contribution in [3.05, 3.63) is 60.9 Å². The second-order valence-corrected chi connectivity index (χ2v) is 3.42. The number of pyridine rings is 1. The molecule has 0 N–H and O–H groups in total. The van der Waals surface area contributed by atoms with Gasteiger partial charge in [0.15, 0.2) is 0 Å². The highest BCUT2D eigenvalue weighted by Crippen LogP contribution is 1.80. The van der Waals surface area contributed by atoms with Gasteiger partial charge < -0.3 is 4.48 Å². The fraction of sp³-hybridized carbons (Fsp3) is 0. The van der Waals surface area contributed by atoms with E-state index in [1.807, 2.05) is 6.07 Å². The van der Waals surface area contributed by atoms with Crippen LogP contribution in [-0.4, -0.2) is 7.41 Å². The second-order valence-electron chi connectivity index (χ2n) is 3.42. The van der Waals surface area contributed by atoms with Crippen LogP contribution in [-0.2, 0) is 0 Å². The molecule has 0 aliphatic rings. The normalized spacial score (nSPS) is 9.85. The second kappa shape index (κ2) is 3.90. The van der Waals surface area contributed by atoms with Crippen molar-refractivity contribution < 1.29 is 4.48 Å². The number of hydrogen-bond donors (Lipinski definition) is 0. The van der Waals surface area contributed by atoms with Crippen molar-refractivity contribution in [3.63, 3.8) is 0 Å². The van der Waals surface area contributed by atoms with E-state index in [0.29, 0.717) is 0 Å². The van der Waals surface area contributed by atoms with E-state index in [2.05, 4.69) is 59.3 Å². The third kappa shape index (κ3) is 2.18. The van der Waals surface area contributed by atoms with E-state index in [0.717, 1.165) is 0 Å². The number of benzene rings is 1. The highest BCUT2D eigenvalue weighted by Gasteiger charge is 1.92. The molecule has 2 heteroatoms.